The minimum Gasteiger partial charge on any atom is -0.489 e. The van der Waals surface area contributed by atoms with E-state index in [0.29, 0.717) is 34.1 Å². The van der Waals surface area contributed by atoms with Gasteiger partial charge in [-0.2, -0.15) is 0 Å². The summed E-state index contributed by atoms with van der Waals surface area (Å²) in [7, 11) is 0. The zero-order valence-electron chi connectivity index (χ0n) is 13.0. The van der Waals surface area contributed by atoms with Crippen LogP contribution in [0.3, 0.4) is 0 Å². The molecule has 0 bridgehead atoms. The van der Waals surface area contributed by atoms with Gasteiger partial charge in [-0.05, 0) is 49.7 Å². The molecule has 0 radical (unpaired) electrons. The molecule has 0 aliphatic carbocycles. The summed E-state index contributed by atoms with van der Waals surface area (Å²) in [6.07, 6.45) is 2.27. The minimum absolute atomic E-state index is 0.0749. The van der Waals surface area contributed by atoms with Crippen LogP contribution in [0, 0.1) is 11.7 Å². The van der Waals surface area contributed by atoms with Gasteiger partial charge in [-0.25, -0.2) is 4.39 Å². The van der Waals surface area contributed by atoms with Crippen LogP contribution in [0.2, 0.25) is 10.0 Å². The third-order valence-corrected chi connectivity index (χ3v) is 4.36. The van der Waals surface area contributed by atoms with Crippen LogP contribution in [0.1, 0.15) is 12.8 Å². The summed E-state index contributed by atoms with van der Waals surface area (Å²) in [5.74, 6) is 0.914. The number of hydrogen-bond acceptors (Lipinski definition) is 3. The van der Waals surface area contributed by atoms with Crippen molar-refractivity contribution in [3.8, 4) is 17.2 Å². The van der Waals surface area contributed by atoms with E-state index in [4.69, 9.17) is 32.7 Å². The Morgan fingerprint density at radius 3 is 2.50 bits per heavy atom. The van der Waals surface area contributed by atoms with Crippen LogP contribution < -0.4 is 14.8 Å². The van der Waals surface area contributed by atoms with E-state index in [1.807, 2.05) is 0 Å². The highest BCUT2D eigenvalue weighted by Crippen LogP contribution is 2.36. The normalized spacial score (nSPS) is 17.5. The van der Waals surface area contributed by atoms with Gasteiger partial charge in [0.25, 0.3) is 0 Å². The van der Waals surface area contributed by atoms with Crippen LogP contribution in [0.4, 0.5) is 4.39 Å². The summed E-state index contributed by atoms with van der Waals surface area (Å²) >= 11 is 11.8. The van der Waals surface area contributed by atoms with E-state index in [9.17, 15) is 4.39 Å². The lowest BCUT2D eigenvalue weighted by Gasteiger charge is -2.23. The van der Waals surface area contributed by atoms with Gasteiger partial charge in [-0.1, -0.05) is 23.2 Å². The Balaban J connectivity index is 1.74. The summed E-state index contributed by atoms with van der Waals surface area (Å²) < 4.78 is 25.5. The smallest absolute Gasteiger partial charge is 0.170 e. The monoisotopic (exact) mass is 369 g/mol. The van der Waals surface area contributed by atoms with Gasteiger partial charge >= 0.3 is 0 Å². The zero-order valence-corrected chi connectivity index (χ0v) is 14.5. The molecule has 1 aliphatic rings. The van der Waals surface area contributed by atoms with Crippen LogP contribution in [0.25, 0.3) is 0 Å². The highest BCUT2D eigenvalue weighted by Gasteiger charge is 2.16. The molecule has 6 heteroatoms. The summed E-state index contributed by atoms with van der Waals surface area (Å²) in [5.41, 5.74) is 0. The maximum Gasteiger partial charge on any atom is 0.170 e. The Bertz CT molecular complexity index is 705. The first kappa shape index (κ1) is 17.3. The largest absolute Gasteiger partial charge is 0.489 e. The van der Waals surface area contributed by atoms with Gasteiger partial charge in [0.1, 0.15) is 0 Å². The molecule has 1 saturated heterocycles. The fraction of sp³-hybridized carbons (Fsp3) is 0.333. The second kappa shape index (κ2) is 8.06. The van der Waals surface area contributed by atoms with Crippen LogP contribution in [-0.2, 0) is 0 Å². The summed E-state index contributed by atoms with van der Waals surface area (Å²) in [4.78, 5) is 0. The summed E-state index contributed by atoms with van der Waals surface area (Å²) in [6.45, 7) is 2.57. The van der Waals surface area contributed by atoms with Crippen molar-refractivity contribution in [2.24, 2.45) is 5.92 Å². The summed E-state index contributed by atoms with van der Waals surface area (Å²) in [5, 5.41) is 4.16. The Morgan fingerprint density at radius 1 is 1.04 bits per heavy atom. The van der Waals surface area contributed by atoms with Crippen molar-refractivity contribution < 1.29 is 13.9 Å². The third kappa shape index (κ3) is 4.53. The van der Waals surface area contributed by atoms with Crippen LogP contribution >= 0.6 is 23.2 Å². The number of rotatable bonds is 5. The second-order valence-electron chi connectivity index (χ2n) is 5.79. The van der Waals surface area contributed by atoms with Gasteiger partial charge in [-0.3, -0.25) is 0 Å². The molecule has 3 rings (SSSR count). The molecule has 2 aromatic carbocycles. The lowest BCUT2D eigenvalue weighted by Crippen LogP contribution is -2.33. The van der Waals surface area contributed by atoms with Crippen LogP contribution in [-0.4, -0.2) is 19.7 Å². The van der Waals surface area contributed by atoms with Gasteiger partial charge in [0.2, 0.25) is 0 Å². The number of nitrogens with one attached hydrogen (secondary N) is 1. The first-order valence-electron chi connectivity index (χ1n) is 7.88. The van der Waals surface area contributed by atoms with Crippen molar-refractivity contribution in [3.05, 3.63) is 52.3 Å². The number of ether oxygens (including phenoxy) is 2. The van der Waals surface area contributed by atoms with Crippen molar-refractivity contribution in [1.29, 1.82) is 0 Å². The molecule has 1 fully saturated rings. The van der Waals surface area contributed by atoms with Crippen LogP contribution in [0.5, 0.6) is 17.2 Å². The van der Waals surface area contributed by atoms with Crippen molar-refractivity contribution in [2.45, 2.75) is 12.8 Å². The minimum atomic E-state index is -0.537. The van der Waals surface area contributed by atoms with Crippen LogP contribution in [0.15, 0.2) is 36.4 Å². The van der Waals surface area contributed by atoms with E-state index in [2.05, 4.69) is 5.32 Å². The van der Waals surface area contributed by atoms with Crippen molar-refractivity contribution in [1.82, 2.24) is 5.32 Å². The predicted molar refractivity (Wildman–Crippen MR) is 94.0 cm³/mol. The molecule has 0 amide bonds. The molecular formula is C18H18Cl2FNO2. The van der Waals surface area contributed by atoms with Gasteiger partial charge in [-0.15, -0.1) is 0 Å². The lowest BCUT2D eigenvalue weighted by atomic mass is 10.0. The average molecular weight is 370 g/mol. The van der Waals surface area contributed by atoms with Crippen molar-refractivity contribution in [3.63, 3.8) is 0 Å². The van der Waals surface area contributed by atoms with E-state index in [-0.39, 0.29) is 5.75 Å². The number of benzene rings is 2. The van der Waals surface area contributed by atoms with Gasteiger partial charge in [0.15, 0.2) is 23.1 Å². The molecule has 1 atom stereocenters. The molecule has 128 valence electrons. The fourth-order valence-electron chi connectivity index (χ4n) is 2.63. The summed E-state index contributed by atoms with van der Waals surface area (Å²) in [6, 6.07) is 9.33. The third-order valence-electron chi connectivity index (χ3n) is 3.89. The Morgan fingerprint density at radius 2 is 1.79 bits per heavy atom. The van der Waals surface area contributed by atoms with Crippen molar-refractivity contribution in [2.75, 3.05) is 19.7 Å². The molecule has 3 nitrogen and oxygen atoms in total. The average Bonchev–Trinajstić information content (AvgIpc) is 2.57. The number of piperidine rings is 1. The maximum absolute atomic E-state index is 14.0. The molecule has 2 aromatic rings. The maximum atomic E-state index is 14.0. The van der Waals surface area contributed by atoms with E-state index in [1.54, 1.807) is 24.3 Å². The number of hydrogen-bond donors (Lipinski definition) is 1. The van der Waals surface area contributed by atoms with Gasteiger partial charge in [0.05, 0.1) is 6.61 Å². The highest BCUT2D eigenvalue weighted by atomic mass is 35.5. The predicted octanol–water partition coefficient (Wildman–Crippen LogP) is 5.30. The van der Waals surface area contributed by atoms with E-state index >= 15 is 0 Å². The van der Waals surface area contributed by atoms with Gasteiger partial charge < -0.3 is 14.8 Å². The molecule has 1 N–H and O–H groups in total. The molecule has 24 heavy (non-hydrogen) atoms. The SMILES string of the molecule is Fc1cc(Cl)ccc1Oc1cc(Cl)ccc1OC[C@H]1CCCNC1. The first-order chi connectivity index (χ1) is 11.6. The molecule has 1 aliphatic heterocycles. The molecule has 1 heterocycles. The highest BCUT2D eigenvalue weighted by molar-refractivity contribution is 6.31. The second-order valence-corrected chi connectivity index (χ2v) is 6.66. The zero-order chi connectivity index (χ0) is 16.9. The Hall–Kier alpha value is -1.49. The molecular weight excluding hydrogens is 352 g/mol. The lowest BCUT2D eigenvalue weighted by molar-refractivity contribution is 0.213. The molecule has 0 aromatic heterocycles. The van der Waals surface area contributed by atoms with E-state index < -0.39 is 5.82 Å². The molecule has 0 spiro atoms. The topological polar surface area (TPSA) is 30.5 Å². The Kier molecular flexibility index (Phi) is 5.82. The molecule has 0 unspecified atom stereocenters. The van der Waals surface area contributed by atoms with E-state index in [0.717, 1.165) is 25.9 Å². The van der Waals surface area contributed by atoms with E-state index in [1.165, 1.54) is 12.1 Å². The quantitative estimate of drug-likeness (QED) is 0.775. The first-order valence-corrected chi connectivity index (χ1v) is 8.63. The van der Waals surface area contributed by atoms with Gasteiger partial charge in [0, 0.05) is 28.6 Å². The number of halogens is 3. The fourth-order valence-corrected chi connectivity index (χ4v) is 2.95. The van der Waals surface area contributed by atoms with Crippen molar-refractivity contribution >= 4 is 23.2 Å². The Labute approximate surface area is 150 Å². The molecule has 0 saturated carbocycles. The standard InChI is InChI=1S/C18H18Cl2FNO2/c19-13-3-5-16(15(21)8-13)24-18-9-14(20)4-6-17(18)23-11-12-2-1-7-22-10-12/h3-6,8-9,12,22H,1-2,7,10-11H2/t12-/m0/s1.